The van der Waals surface area contributed by atoms with E-state index in [2.05, 4.69) is 5.32 Å². The average Bonchev–Trinajstić information content (AvgIpc) is 2.67. The van der Waals surface area contributed by atoms with E-state index in [9.17, 15) is 14.4 Å². The molecule has 150 valence electrons. The number of methoxy groups -OCH3 is 1. The number of rotatable bonds is 5. The summed E-state index contributed by atoms with van der Waals surface area (Å²) in [5, 5.41) is 2.86. The Kier molecular flexibility index (Phi) is 5.54. The highest BCUT2D eigenvalue weighted by molar-refractivity contribution is 6.15. The Morgan fingerprint density at radius 3 is 2.41 bits per heavy atom. The van der Waals surface area contributed by atoms with E-state index in [1.54, 1.807) is 48.5 Å². The van der Waals surface area contributed by atoms with Crippen molar-refractivity contribution in [2.75, 3.05) is 12.4 Å². The summed E-state index contributed by atoms with van der Waals surface area (Å²) < 4.78 is 20.6. The van der Waals surface area contributed by atoms with E-state index in [0.717, 1.165) is 0 Å². The molecule has 0 atom stereocenters. The molecule has 1 heterocycles. The van der Waals surface area contributed by atoms with Crippen molar-refractivity contribution in [2.24, 2.45) is 0 Å². The number of benzene rings is 2. The van der Waals surface area contributed by atoms with E-state index in [1.807, 2.05) is 0 Å². The molecular formula is C21H19NO7. The van der Waals surface area contributed by atoms with Gasteiger partial charge in [0.2, 0.25) is 0 Å². The Hall–Kier alpha value is -3.81. The van der Waals surface area contributed by atoms with Crippen molar-refractivity contribution in [3.63, 3.8) is 0 Å². The average molecular weight is 397 g/mol. The van der Waals surface area contributed by atoms with Gasteiger partial charge < -0.3 is 24.3 Å². The van der Waals surface area contributed by atoms with E-state index >= 15 is 0 Å². The Labute approximate surface area is 167 Å². The Bertz CT molecular complexity index is 972. The largest absolute Gasteiger partial charge is 0.465 e. The van der Waals surface area contributed by atoms with E-state index in [1.165, 1.54) is 27.2 Å². The van der Waals surface area contributed by atoms with Gasteiger partial charge in [0, 0.05) is 20.0 Å². The number of nitrogens with one attached hydrogen (secondary N) is 1. The molecule has 1 aliphatic rings. The minimum Gasteiger partial charge on any atom is -0.465 e. The first-order valence-corrected chi connectivity index (χ1v) is 8.68. The highest BCUT2D eigenvalue weighted by Gasteiger charge is 2.39. The van der Waals surface area contributed by atoms with Crippen LogP contribution in [-0.2, 0) is 23.8 Å². The van der Waals surface area contributed by atoms with E-state index in [-0.39, 0.29) is 5.57 Å². The van der Waals surface area contributed by atoms with Gasteiger partial charge in [-0.1, -0.05) is 18.2 Å². The van der Waals surface area contributed by atoms with Crippen molar-refractivity contribution < 1.29 is 33.3 Å². The topological polar surface area (TPSA) is 100 Å². The van der Waals surface area contributed by atoms with Crippen LogP contribution in [0.5, 0.6) is 11.5 Å². The molecule has 1 N–H and O–H groups in total. The maximum Gasteiger partial charge on any atom is 0.350 e. The van der Waals surface area contributed by atoms with Crippen LogP contribution in [0.3, 0.4) is 0 Å². The molecule has 0 saturated carbocycles. The number of carbonyl (C=O) groups excluding carboxylic acids is 3. The van der Waals surface area contributed by atoms with Gasteiger partial charge in [-0.05, 0) is 30.3 Å². The van der Waals surface area contributed by atoms with Crippen molar-refractivity contribution in [1.29, 1.82) is 0 Å². The standard InChI is InChI=1S/C21H19NO7/c1-21(2)28-19(24)15(20(25)29-21)12-22-16-9-4-5-10-17(16)27-14-8-6-7-13(11-14)18(23)26-3/h4-12,22H,1-3H3. The van der Waals surface area contributed by atoms with Crippen LogP contribution < -0.4 is 10.1 Å². The van der Waals surface area contributed by atoms with Crippen LogP contribution in [0.25, 0.3) is 0 Å². The summed E-state index contributed by atoms with van der Waals surface area (Å²) >= 11 is 0. The second-order valence-corrected chi connectivity index (χ2v) is 6.50. The number of ether oxygens (including phenoxy) is 4. The van der Waals surface area contributed by atoms with Gasteiger partial charge in [0.05, 0.1) is 18.4 Å². The van der Waals surface area contributed by atoms with Crippen LogP contribution in [0.2, 0.25) is 0 Å². The van der Waals surface area contributed by atoms with Crippen LogP contribution in [0.1, 0.15) is 24.2 Å². The number of anilines is 1. The SMILES string of the molecule is COC(=O)c1cccc(Oc2ccccc2NC=C2C(=O)OC(C)(C)OC2=O)c1. The molecule has 1 aliphatic heterocycles. The number of para-hydroxylation sites is 2. The summed E-state index contributed by atoms with van der Waals surface area (Å²) in [5.74, 6) is -2.55. The molecular weight excluding hydrogens is 378 g/mol. The van der Waals surface area contributed by atoms with Gasteiger partial charge >= 0.3 is 17.9 Å². The Balaban J connectivity index is 1.81. The molecule has 0 radical (unpaired) electrons. The normalized spacial score (nSPS) is 15.1. The van der Waals surface area contributed by atoms with Crippen LogP contribution in [0.15, 0.2) is 60.3 Å². The van der Waals surface area contributed by atoms with E-state index in [0.29, 0.717) is 22.7 Å². The first-order valence-electron chi connectivity index (χ1n) is 8.68. The number of hydrogen-bond acceptors (Lipinski definition) is 8. The smallest absolute Gasteiger partial charge is 0.350 e. The highest BCUT2D eigenvalue weighted by Crippen LogP contribution is 2.30. The summed E-state index contributed by atoms with van der Waals surface area (Å²) in [6, 6.07) is 13.4. The second-order valence-electron chi connectivity index (χ2n) is 6.50. The number of hydrogen-bond donors (Lipinski definition) is 1. The third-order valence-corrected chi connectivity index (χ3v) is 3.86. The molecule has 0 unspecified atom stereocenters. The Morgan fingerprint density at radius 2 is 1.72 bits per heavy atom. The predicted molar refractivity (Wildman–Crippen MR) is 102 cm³/mol. The lowest BCUT2D eigenvalue weighted by Crippen LogP contribution is -2.42. The minimum absolute atomic E-state index is 0.271. The number of carbonyl (C=O) groups is 3. The maximum absolute atomic E-state index is 12.0. The van der Waals surface area contributed by atoms with Crippen LogP contribution in [0, 0.1) is 0 Å². The summed E-state index contributed by atoms with van der Waals surface area (Å²) in [7, 11) is 1.30. The van der Waals surface area contributed by atoms with Crippen molar-refractivity contribution in [3.05, 3.63) is 65.9 Å². The molecule has 0 spiro atoms. The summed E-state index contributed by atoms with van der Waals surface area (Å²) in [5.41, 5.74) is 0.550. The van der Waals surface area contributed by atoms with Crippen LogP contribution >= 0.6 is 0 Å². The fourth-order valence-electron chi connectivity index (χ4n) is 2.53. The van der Waals surface area contributed by atoms with Gasteiger partial charge in [-0.15, -0.1) is 0 Å². The molecule has 2 aromatic rings. The van der Waals surface area contributed by atoms with E-state index < -0.39 is 23.7 Å². The van der Waals surface area contributed by atoms with Gasteiger partial charge in [-0.3, -0.25) is 0 Å². The summed E-state index contributed by atoms with van der Waals surface area (Å²) in [4.78, 5) is 35.8. The molecule has 1 saturated heterocycles. The monoisotopic (exact) mass is 397 g/mol. The lowest BCUT2D eigenvalue weighted by molar-refractivity contribution is -0.222. The Morgan fingerprint density at radius 1 is 1.03 bits per heavy atom. The molecule has 3 rings (SSSR count). The van der Waals surface area contributed by atoms with Gasteiger partial charge in [0.1, 0.15) is 5.75 Å². The van der Waals surface area contributed by atoms with Crippen molar-refractivity contribution in [1.82, 2.24) is 0 Å². The van der Waals surface area contributed by atoms with Crippen molar-refractivity contribution in [3.8, 4) is 11.5 Å². The zero-order chi connectivity index (χ0) is 21.0. The molecule has 0 aromatic heterocycles. The fraction of sp³-hybridized carbons (Fsp3) is 0.190. The molecule has 8 nitrogen and oxygen atoms in total. The third kappa shape index (κ3) is 4.73. The first kappa shape index (κ1) is 19.9. The van der Waals surface area contributed by atoms with Gasteiger partial charge in [-0.2, -0.15) is 0 Å². The van der Waals surface area contributed by atoms with Crippen molar-refractivity contribution >= 4 is 23.6 Å². The quantitative estimate of drug-likeness (QED) is 0.466. The van der Waals surface area contributed by atoms with Crippen molar-refractivity contribution in [2.45, 2.75) is 19.6 Å². The van der Waals surface area contributed by atoms with Gasteiger partial charge in [-0.25, -0.2) is 14.4 Å². The van der Waals surface area contributed by atoms with E-state index in [4.69, 9.17) is 18.9 Å². The molecule has 0 amide bonds. The fourth-order valence-corrected chi connectivity index (χ4v) is 2.53. The maximum atomic E-state index is 12.0. The van der Waals surface area contributed by atoms with Gasteiger partial charge in [0.25, 0.3) is 5.79 Å². The second kappa shape index (κ2) is 8.05. The number of cyclic esters (lactones) is 2. The highest BCUT2D eigenvalue weighted by atomic mass is 16.7. The molecule has 0 aliphatic carbocycles. The third-order valence-electron chi connectivity index (χ3n) is 3.86. The lowest BCUT2D eigenvalue weighted by Gasteiger charge is -2.29. The minimum atomic E-state index is -1.31. The molecule has 29 heavy (non-hydrogen) atoms. The van der Waals surface area contributed by atoms with Crippen LogP contribution in [0.4, 0.5) is 5.69 Å². The van der Waals surface area contributed by atoms with Gasteiger partial charge in [0.15, 0.2) is 11.3 Å². The molecule has 8 heteroatoms. The number of esters is 3. The molecule has 1 fully saturated rings. The first-order chi connectivity index (χ1) is 13.8. The zero-order valence-corrected chi connectivity index (χ0v) is 16.1. The molecule has 2 aromatic carbocycles. The lowest BCUT2D eigenvalue weighted by atomic mass is 10.2. The summed E-state index contributed by atoms with van der Waals surface area (Å²) in [6.45, 7) is 2.94. The zero-order valence-electron chi connectivity index (χ0n) is 16.1. The summed E-state index contributed by atoms with van der Waals surface area (Å²) in [6.07, 6.45) is 1.20. The van der Waals surface area contributed by atoms with Crippen LogP contribution in [-0.4, -0.2) is 30.8 Å². The predicted octanol–water partition coefficient (Wildman–Crippen LogP) is 3.40. The molecule has 0 bridgehead atoms.